The van der Waals surface area contributed by atoms with Gasteiger partial charge in [0.25, 0.3) is 0 Å². The maximum atomic E-state index is 14.0. The minimum atomic E-state index is -3.65. The zero-order chi connectivity index (χ0) is 35.2. The minimum absolute atomic E-state index is 0.268. The molecule has 0 bridgehead atoms. The van der Waals surface area contributed by atoms with Gasteiger partial charge in [-0.05, 0) is 127 Å². The second-order valence-electron chi connectivity index (χ2n) is 15.4. The van der Waals surface area contributed by atoms with Gasteiger partial charge >= 0.3 is 13.7 Å². The van der Waals surface area contributed by atoms with Crippen LogP contribution in [0.15, 0.2) is 54.6 Å². The Kier molecular flexibility index (Phi) is 9.74. The smallest absolute Gasteiger partial charge is 0.415 e. The first-order valence-corrected chi connectivity index (χ1v) is 18.9. The molecular formula is C38H49FN3O6P. The van der Waals surface area contributed by atoms with E-state index in [1.807, 2.05) is 48.5 Å². The van der Waals surface area contributed by atoms with Crippen molar-refractivity contribution in [2.24, 2.45) is 0 Å². The Morgan fingerprint density at radius 3 is 2.12 bits per heavy atom. The van der Waals surface area contributed by atoms with E-state index in [0.717, 1.165) is 42.8 Å². The Morgan fingerprint density at radius 2 is 1.57 bits per heavy atom. The number of pyridine rings is 1. The molecule has 6 rings (SSSR count). The summed E-state index contributed by atoms with van der Waals surface area (Å²) >= 11 is 0. The van der Waals surface area contributed by atoms with Crippen LogP contribution >= 0.6 is 7.60 Å². The van der Waals surface area contributed by atoms with Gasteiger partial charge < -0.3 is 9.47 Å². The summed E-state index contributed by atoms with van der Waals surface area (Å²) in [6.45, 7) is 16.1. The summed E-state index contributed by atoms with van der Waals surface area (Å²) in [6, 6.07) is 15.7. The molecule has 264 valence electrons. The molecule has 49 heavy (non-hydrogen) atoms. The zero-order valence-electron chi connectivity index (χ0n) is 29.8. The summed E-state index contributed by atoms with van der Waals surface area (Å²) in [5.74, 6) is 0.794. The molecule has 9 nitrogen and oxygen atoms in total. The number of benzene rings is 2. The van der Waals surface area contributed by atoms with E-state index in [9.17, 15) is 13.8 Å². The molecule has 0 atom stereocenters. The second kappa shape index (κ2) is 13.4. The van der Waals surface area contributed by atoms with Crippen LogP contribution in [0.25, 0.3) is 11.3 Å². The molecule has 3 aliphatic rings. The topological polar surface area (TPSA) is 90.4 Å². The largest absolute Gasteiger partial charge is 0.478 e. The number of amides is 1. The summed E-state index contributed by atoms with van der Waals surface area (Å²) in [6.07, 6.45) is 3.25. The lowest BCUT2D eigenvalue weighted by Gasteiger charge is -2.37. The number of rotatable bonds is 10. The normalized spacial score (nSPS) is 18.6. The first-order chi connectivity index (χ1) is 23.1. The van der Waals surface area contributed by atoms with E-state index in [1.165, 1.54) is 17.7 Å². The van der Waals surface area contributed by atoms with Crippen LogP contribution in [0.4, 0.5) is 14.9 Å². The fraction of sp³-hybridized carbons (Fsp3) is 0.526. The van der Waals surface area contributed by atoms with Crippen LogP contribution in [0.2, 0.25) is 0 Å². The van der Waals surface area contributed by atoms with Crippen molar-refractivity contribution in [1.82, 2.24) is 9.88 Å². The van der Waals surface area contributed by atoms with E-state index in [1.54, 1.807) is 41.3 Å². The van der Waals surface area contributed by atoms with Crippen molar-refractivity contribution < 1.29 is 32.3 Å². The van der Waals surface area contributed by atoms with E-state index in [0.29, 0.717) is 55.3 Å². The standard InChI is InChI=1S/C38H49FN3O6P/c1-8-45-34-28(23-32(26-9-10-26)33(40-34)27-11-13-29(39)14-12-27)24-41-21-19-38(20-22-41)25-42(35(43)46-38)30-15-17-31(18-16-30)49(44,47-36(2,3)4)48-37(5,6)7/h11-18,23,26H,8-10,19-22,24-25H2,1-7H3. The molecule has 2 saturated heterocycles. The summed E-state index contributed by atoms with van der Waals surface area (Å²) in [7, 11) is -3.65. The Morgan fingerprint density at radius 1 is 0.959 bits per heavy atom. The van der Waals surface area contributed by atoms with Gasteiger partial charge in [0.2, 0.25) is 5.88 Å². The molecule has 3 heterocycles. The molecule has 1 aromatic heterocycles. The van der Waals surface area contributed by atoms with Gasteiger partial charge in [-0.25, -0.2) is 14.2 Å². The van der Waals surface area contributed by atoms with Crippen LogP contribution in [0.3, 0.4) is 0 Å². The lowest BCUT2D eigenvalue weighted by Crippen LogP contribution is -2.46. The number of ether oxygens (including phenoxy) is 2. The van der Waals surface area contributed by atoms with E-state index in [-0.39, 0.29) is 11.9 Å². The molecule has 11 heteroatoms. The number of piperidine rings is 1. The molecule has 1 amide bonds. The average molecular weight is 694 g/mol. The van der Waals surface area contributed by atoms with E-state index in [4.69, 9.17) is 23.5 Å². The van der Waals surface area contributed by atoms with Crippen molar-refractivity contribution in [3.63, 3.8) is 0 Å². The third-order valence-electron chi connectivity index (χ3n) is 8.90. The zero-order valence-corrected chi connectivity index (χ0v) is 30.6. The Bertz CT molecular complexity index is 1690. The fourth-order valence-electron chi connectivity index (χ4n) is 6.58. The summed E-state index contributed by atoms with van der Waals surface area (Å²) in [5, 5.41) is 0.438. The van der Waals surface area contributed by atoms with Gasteiger partial charge in [0.05, 0.1) is 35.4 Å². The average Bonchev–Trinajstić information content (AvgIpc) is 3.81. The highest BCUT2D eigenvalue weighted by molar-refractivity contribution is 7.62. The number of nitrogens with zero attached hydrogens (tertiary/aromatic N) is 3. The Balaban J connectivity index is 1.14. The van der Waals surface area contributed by atoms with E-state index >= 15 is 0 Å². The number of hydrogen-bond donors (Lipinski definition) is 0. The molecule has 1 spiro atoms. The van der Waals surface area contributed by atoms with Crippen molar-refractivity contribution in [3.8, 4) is 17.1 Å². The number of anilines is 1. The van der Waals surface area contributed by atoms with Gasteiger partial charge in [-0.15, -0.1) is 0 Å². The number of aromatic nitrogens is 1. The lowest BCUT2D eigenvalue weighted by molar-refractivity contribution is -0.00116. The SMILES string of the molecule is CCOc1nc(-c2ccc(F)cc2)c(C2CC2)cc1CN1CCC2(CC1)CN(c1ccc(P(=O)(OC(C)(C)C)OC(C)(C)C)cc1)C(=O)O2. The van der Waals surface area contributed by atoms with Crippen LogP contribution in [-0.4, -0.2) is 59.0 Å². The monoisotopic (exact) mass is 693 g/mol. The fourth-order valence-corrected chi connectivity index (χ4v) is 8.78. The molecule has 2 aromatic carbocycles. The molecule has 1 aliphatic carbocycles. The van der Waals surface area contributed by atoms with Crippen LogP contribution < -0.4 is 14.9 Å². The highest BCUT2D eigenvalue weighted by Gasteiger charge is 2.48. The maximum absolute atomic E-state index is 14.0. The Labute approximate surface area is 289 Å². The number of carbonyl (C=O) groups is 1. The third kappa shape index (κ3) is 8.37. The van der Waals surface area contributed by atoms with Gasteiger partial charge in [-0.1, -0.05) is 0 Å². The van der Waals surface area contributed by atoms with Gasteiger partial charge in [-0.3, -0.25) is 23.4 Å². The molecule has 2 aliphatic heterocycles. The predicted octanol–water partition coefficient (Wildman–Crippen LogP) is 8.60. The number of halogens is 1. The summed E-state index contributed by atoms with van der Waals surface area (Å²) in [5.41, 5.74) is 2.70. The van der Waals surface area contributed by atoms with Gasteiger partial charge in [0.1, 0.15) is 11.4 Å². The van der Waals surface area contributed by atoms with Crippen LogP contribution in [0.5, 0.6) is 5.88 Å². The number of carbonyl (C=O) groups excluding carboxylic acids is 1. The van der Waals surface area contributed by atoms with Crippen molar-refractivity contribution in [2.45, 2.75) is 103 Å². The van der Waals surface area contributed by atoms with E-state index < -0.39 is 24.4 Å². The number of likely N-dealkylation sites (tertiary alicyclic amines) is 1. The Hall–Kier alpha value is -3.30. The van der Waals surface area contributed by atoms with Gasteiger partial charge in [0.15, 0.2) is 0 Å². The van der Waals surface area contributed by atoms with Crippen molar-refractivity contribution in [2.75, 3.05) is 31.1 Å². The second-order valence-corrected chi connectivity index (χ2v) is 17.3. The van der Waals surface area contributed by atoms with Crippen LogP contribution in [0, 0.1) is 5.82 Å². The maximum Gasteiger partial charge on any atom is 0.415 e. The molecule has 3 fully saturated rings. The molecular weight excluding hydrogens is 644 g/mol. The third-order valence-corrected chi connectivity index (χ3v) is 11.4. The molecule has 3 aromatic rings. The predicted molar refractivity (Wildman–Crippen MR) is 189 cm³/mol. The van der Waals surface area contributed by atoms with Gasteiger partial charge in [-0.2, -0.15) is 0 Å². The van der Waals surface area contributed by atoms with Crippen molar-refractivity contribution >= 4 is 24.7 Å². The first-order valence-electron chi connectivity index (χ1n) is 17.3. The quantitative estimate of drug-likeness (QED) is 0.195. The molecule has 0 N–H and O–H groups in total. The van der Waals surface area contributed by atoms with Gasteiger partial charge in [0, 0.05) is 49.3 Å². The first kappa shape index (κ1) is 35.5. The molecule has 0 unspecified atom stereocenters. The molecule has 0 radical (unpaired) electrons. The highest BCUT2D eigenvalue weighted by Crippen LogP contribution is 2.53. The van der Waals surface area contributed by atoms with Crippen LogP contribution in [0.1, 0.15) is 91.2 Å². The van der Waals surface area contributed by atoms with Crippen molar-refractivity contribution in [1.29, 1.82) is 0 Å². The highest BCUT2D eigenvalue weighted by atomic mass is 31.2. The number of hydrogen-bond acceptors (Lipinski definition) is 8. The summed E-state index contributed by atoms with van der Waals surface area (Å²) in [4.78, 5) is 22.2. The van der Waals surface area contributed by atoms with Crippen molar-refractivity contribution in [3.05, 3.63) is 71.5 Å². The van der Waals surface area contributed by atoms with E-state index in [2.05, 4.69) is 11.0 Å². The molecule has 1 saturated carbocycles. The minimum Gasteiger partial charge on any atom is -0.478 e. The van der Waals surface area contributed by atoms with Crippen LogP contribution in [-0.2, 0) is 24.9 Å². The lowest BCUT2D eigenvalue weighted by atomic mass is 9.91. The summed E-state index contributed by atoms with van der Waals surface area (Å²) < 4.78 is 51.7.